The minimum Gasteiger partial charge on any atom is -0.463 e. The van der Waals surface area contributed by atoms with E-state index in [1.807, 2.05) is 0 Å². The monoisotopic (exact) mass is 418 g/mol. The van der Waals surface area contributed by atoms with Crippen molar-refractivity contribution in [3.8, 4) is 0 Å². The van der Waals surface area contributed by atoms with Gasteiger partial charge in [0.05, 0.1) is 18.2 Å². The number of nitrogens with zero attached hydrogens (tertiary/aromatic N) is 2. The summed E-state index contributed by atoms with van der Waals surface area (Å²) in [5.41, 5.74) is 1.55. The first-order valence-electron chi connectivity index (χ1n) is 10.6. The molecule has 8 heteroatoms. The van der Waals surface area contributed by atoms with Crippen LogP contribution in [0, 0.1) is 5.82 Å². The molecule has 2 atom stereocenters. The summed E-state index contributed by atoms with van der Waals surface area (Å²) >= 11 is 0. The molecule has 164 valence electrons. The second kappa shape index (κ2) is 10.0. The van der Waals surface area contributed by atoms with E-state index in [1.54, 1.807) is 19.1 Å². The molecular weight excluding hydrogens is 387 g/mol. The van der Waals surface area contributed by atoms with Crippen LogP contribution in [0.1, 0.15) is 38.8 Å². The molecule has 7 nitrogen and oxygen atoms in total. The molecule has 0 aromatic heterocycles. The maximum Gasteiger partial charge on any atom is 0.338 e. The summed E-state index contributed by atoms with van der Waals surface area (Å²) in [4.78, 5) is 29.9. The smallest absolute Gasteiger partial charge is 0.338 e. The molecule has 2 heterocycles. The molecule has 30 heavy (non-hydrogen) atoms. The van der Waals surface area contributed by atoms with Crippen LogP contribution in [0.2, 0.25) is 0 Å². The fourth-order valence-electron chi connectivity index (χ4n) is 3.94. The Balaban J connectivity index is 1.85. The number of hydrogen-bond donors (Lipinski definition) is 2. The van der Waals surface area contributed by atoms with Gasteiger partial charge in [-0.1, -0.05) is 19.1 Å². The lowest BCUT2D eigenvalue weighted by atomic mass is 9.95. The van der Waals surface area contributed by atoms with E-state index < -0.39 is 12.0 Å². The number of rotatable bonds is 7. The number of piperazine rings is 1. The lowest BCUT2D eigenvalue weighted by molar-refractivity contribution is -0.139. The van der Waals surface area contributed by atoms with Crippen molar-refractivity contribution in [2.24, 2.45) is 0 Å². The Morgan fingerprint density at radius 1 is 1.20 bits per heavy atom. The molecule has 2 aliphatic rings. The van der Waals surface area contributed by atoms with Crippen LogP contribution in [0.5, 0.6) is 0 Å². The summed E-state index contributed by atoms with van der Waals surface area (Å²) in [7, 11) is 0. The van der Waals surface area contributed by atoms with Crippen LogP contribution in [-0.4, -0.2) is 67.2 Å². The molecule has 1 aromatic rings. The fourth-order valence-corrected chi connectivity index (χ4v) is 3.94. The van der Waals surface area contributed by atoms with Crippen LogP contribution < -0.4 is 10.6 Å². The van der Waals surface area contributed by atoms with E-state index in [9.17, 15) is 14.0 Å². The molecule has 0 saturated carbocycles. The van der Waals surface area contributed by atoms with Gasteiger partial charge in [0.2, 0.25) is 0 Å². The van der Waals surface area contributed by atoms with Gasteiger partial charge in [-0.3, -0.25) is 9.80 Å². The van der Waals surface area contributed by atoms with Gasteiger partial charge in [0.1, 0.15) is 5.82 Å². The van der Waals surface area contributed by atoms with E-state index in [0.717, 1.165) is 32.6 Å². The van der Waals surface area contributed by atoms with Gasteiger partial charge in [0, 0.05) is 44.5 Å². The van der Waals surface area contributed by atoms with E-state index in [-0.39, 0.29) is 18.5 Å². The van der Waals surface area contributed by atoms with Gasteiger partial charge in [-0.25, -0.2) is 14.0 Å². The number of urea groups is 1. The Morgan fingerprint density at radius 3 is 2.47 bits per heavy atom. The van der Waals surface area contributed by atoms with Gasteiger partial charge >= 0.3 is 12.0 Å². The third-order valence-corrected chi connectivity index (χ3v) is 5.86. The highest BCUT2D eigenvalue weighted by molar-refractivity contribution is 5.95. The zero-order valence-electron chi connectivity index (χ0n) is 17.9. The maximum atomic E-state index is 13.4. The number of halogens is 1. The van der Waals surface area contributed by atoms with Crippen molar-refractivity contribution in [2.45, 2.75) is 39.3 Å². The van der Waals surface area contributed by atoms with Crippen LogP contribution >= 0.6 is 0 Å². The van der Waals surface area contributed by atoms with Crippen molar-refractivity contribution in [1.29, 1.82) is 0 Å². The van der Waals surface area contributed by atoms with Crippen molar-refractivity contribution in [3.05, 3.63) is 46.9 Å². The largest absolute Gasteiger partial charge is 0.463 e. The molecule has 0 spiro atoms. The summed E-state index contributed by atoms with van der Waals surface area (Å²) in [6.45, 7) is 10.5. The maximum absolute atomic E-state index is 13.4. The molecule has 3 rings (SSSR count). The van der Waals surface area contributed by atoms with Crippen molar-refractivity contribution < 1.29 is 18.7 Å². The Kier molecular flexibility index (Phi) is 7.44. The highest BCUT2D eigenvalue weighted by Crippen LogP contribution is 2.28. The Labute approximate surface area is 177 Å². The molecule has 0 radical (unpaired) electrons. The van der Waals surface area contributed by atoms with E-state index >= 15 is 0 Å². The van der Waals surface area contributed by atoms with Gasteiger partial charge in [-0.15, -0.1) is 0 Å². The number of hydrogen-bond acceptors (Lipinski definition) is 5. The summed E-state index contributed by atoms with van der Waals surface area (Å²) < 4.78 is 18.7. The van der Waals surface area contributed by atoms with Crippen LogP contribution in [0.3, 0.4) is 0 Å². The third kappa shape index (κ3) is 5.17. The first kappa shape index (κ1) is 22.2. The molecule has 1 fully saturated rings. The SMILES string of the molecule is CCOC(=O)C1=C(CN2CCN(C(C)CC)CC2)NC(=O)NC1c1ccc(F)cc1. The second-order valence-electron chi connectivity index (χ2n) is 7.77. The molecule has 1 aromatic carbocycles. The zero-order chi connectivity index (χ0) is 21.7. The van der Waals surface area contributed by atoms with Gasteiger partial charge in [-0.2, -0.15) is 0 Å². The van der Waals surface area contributed by atoms with Crippen LogP contribution in [-0.2, 0) is 9.53 Å². The molecule has 1 saturated heterocycles. The predicted octanol–water partition coefficient (Wildman–Crippen LogP) is 2.41. The molecule has 2 aliphatic heterocycles. The molecule has 2 amide bonds. The van der Waals surface area contributed by atoms with Gasteiger partial charge < -0.3 is 15.4 Å². The number of esters is 1. The molecule has 2 N–H and O–H groups in total. The number of nitrogens with one attached hydrogen (secondary N) is 2. The highest BCUT2D eigenvalue weighted by Gasteiger charge is 2.34. The average Bonchev–Trinajstić information content (AvgIpc) is 2.74. The first-order valence-corrected chi connectivity index (χ1v) is 10.6. The standard InChI is InChI=1S/C22H31FN4O3/c1-4-15(3)27-12-10-26(11-13-27)14-18-19(21(28)30-5-2)20(25-22(29)24-18)16-6-8-17(23)9-7-16/h6-9,15,20H,4-5,10-14H2,1-3H3,(H2,24,25,29). The number of carbonyl (C=O) groups excluding carboxylic acids is 2. The van der Waals surface area contributed by atoms with Crippen molar-refractivity contribution in [3.63, 3.8) is 0 Å². The van der Waals surface area contributed by atoms with E-state index in [0.29, 0.717) is 29.4 Å². The lowest BCUT2D eigenvalue weighted by Crippen LogP contribution is -2.53. The highest BCUT2D eigenvalue weighted by atomic mass is 19.1. The van der Waals surface area contributed by atoms with Crippen molar-refractivity contribution >= 4 is 12.0 Å². The first-order chi connectivity index (χ1) is 14.4. The average molecular weight is 419 g/mol. The summed E-state index contributed by atoms with van der Waals surface area (Å²) in [5.74, 6) is -0.854. The predicted molar refractivity (Wildman–Crippen MR) is 112 cm³/mol. The normalized spacial score (nSPS) is 21.7. The minimum absolute atomic E-state index is 0.229. The summed E-state index contributed by atoms with van der Waals surface area (Å²) in [6.07, 6.45) is 1.11. The number of ether oxygens (including phenoxy) is 1. The van der Waals surface area contributed by atoms with E-state index in [2.05, 4.69) is 34.3 Å². The van der Waals surface area contributed by atoms with Crippen LogP contribution in [0.25, 0.3) is 0 Å². The number of amides is 2. The van der Waals surface area contributed by atoms with Crippen molar-refractivity contribution in [1.82, 2.24) is 20.4 Å². The van der Waals surface area contributed by atoms with Gasteiger partial charge in [-0.05, 0) is 38.0 Å². The van der Waals surface area contributed by atoms with Gasteiger partial charge in [0.15, 0.2) is 0 Å². The number of benzene rings is 1. The fraction of sp³-hybridized carbons (Fsp3) is 0.545. The van der Waals surface area contributed by atoms with E-state index in [1.165, 1.54) is 12.1 Å². The van der Waals surface area contributed by atoms with E-state index in [4.69, 9.17) is 4.74 Å². The molecule has 0 bridgehead atoms. The van der Waals surface area contributed by atoms with Crippen molar-refractivity contribution in [2.75, 3.05) is 39.3 Å². The Bertz CT molecular complexity index is 788. The molecular formula is C22H31FN4O3. The number of carbonyl (C=O) groups is 2. The lowest BCUT2D eigenvalue weighted by Gasteiger charge is -2.39. The molecule has 0 aliphatic carbocycles. The molecule has 2 unspecified atom stereocenters. The van der Waals surface area contributed by atoms with Gasteiger partial charge in [0.25, 0.3) is 0 Å². The van der Waals surface area contributed by atoms with Crippen LogP contribution in [0.4, 0.5) is 9.18 Å². The minimum atomic E-state index is -0.685. The third-order valence-electron chi connectivity index (χ3n) is 5.86. The summed E-state index contributed by atoms with van der Waals surface area (Å²) in [6, 6.07) is 5.27. The summed E-state index contributed by atoms with van der Waals surface area (Å²) in [5, 5.41) is 5.59. The quantitative estimate of drug-likeness (QED) is 0.666. The Morgan fingerprint density at radius 2 is 1.87 bits per heavy atom. The Hall–Kier alpha value is -2.45. The second-order valence-corrected chi connectivity index (χ2v) is 7.77. The van der Waals surface area contributed by atoms with Crippen LogP contribution in [0.15, 0.2) is 35.5 Å². The zero-order valence-corrected chi connectivity index (χ0v) is 17.9. The topological polar surface area (TPSA) is 73.9 Å².